The summed E-state index contributed by atoms with van der Waals surface area (Å²) >= 11 is 7.54. The van der Waals surface area contributed by atoms with E-state index in [1.807, 2.05) is 22.6 Å². The summed E-state index contributed by atoms with van der Waals surface area (Å²) < 4.78 is 25.0. The van der Waals surface area contributed by atoms with Gasteiger partial charge in [-0.2, -0.15) is 0 Å². The zero-order valence-corrected chi connectivity index (χ0v) is 9.03. The summed E-state index contributed by atoms with van der Waals surface area (Å²) in [5.41, 5.74) is 0.124. The number of halogens is 4. The van der Waals surface area contributed by atoms with E-state index in [0.29, 0.717) is 14.3 Å². The SMILES string of the molecule is Cc1c(Cl)cc(I)nc1C(F)F. The average Bonchev–Trinajstić information content (AvgIpc) is 1.96. The van der Waals surface area contributed by atoms with Crippen molar-refractivity contribution in [2.75, 3.05) is 0 Å². The van der Waals surface area contributed by atoms with Gasteiger partial charge in [0, 0.05) is 5.02 Å². The van der Waals surface area contributed by atoms with E-state index in [9.17, 15) is 8.78 Å². The number of aromatic nitrogens is 1. The van der Waals surface area contributed by atoms with Gasteiger partial charge in [0.05, 0.1) is 0 Å². The van der Waals surface area contributed by atoms with Crippen LogP contribution < -0.4 is 0 Å². The highest BCUT2D eigenvalue weighted by atomic mass is 127. The molecule has 1 aromatic heterocycles. The second-order valence-electron chi connectivity index (χ2n) is 2.24. The minimum absolute atomic E-state index is 0.230. The minimum atomic E-state index is -2.56. The van der Waals surface area contributed by atoms with E-state index in [1.165, 1.54) is 6.92 Å². The first-order valence-corrected chi connectivity index (χ1v) is 4.58. The van der Waals surface area contributed by atoms with E-state index in [2.05, 4.69) is 4.98 Å². The fourth-order valence-electron chi connectivity index (χ4n) is 0.779. The maximum atomic E-state index is 12.3. The van der Waals surface area contributed by atoms with Gasteiger partial charge >= 0.3 is 0 Å². The topological polar surface area (TPSA) is 12.9 Å². The molecule has 0 bridgehead atoms. The van der Waals surface area contributed by atoms with Crippen molar-refractivity contribution in [1.29, 1.82) is 0 Å². The Balaban J connectivity index is 3.28. The molecule has 5 heteroatoms. The lowest BCUT2D eigenvalue weighted by Gasteiger charge is -2.05. The second kappa shape index (κ2) is 3.83. The van der Waals surface area contributed by atoms with Crippen LogP contribution in [0.3, 0.4) is 0 Å². The van der Waals surface area contributed by atoms with Crippen molar-refractivity contribution in [3.05, 3.63) is 26.0 Å². The Morgan fingerprint density at radius 1 is 1.58 bits per heavy atom. The van der Waals surface area contributed by atoms with Crippen LogP contribution in [0.1, 0.15) is 17.7 Å². The maximum absolute atomic E-state index is 12.3. The zero-order valence-electron chi connectivity index (χ0n) is 6.11. The van der Waals surface area contributed by atoms with Crippen molar-refractivity contribution < 1.29 is 8.78 Å². The van der Waals surface area contributed by atoms with Crippen LogP contribution in [0.25, 0.3) is 0 Å². The van der Waals surface area contributed by atoms with Gasteiger partial charge in [-0.3, -0.25) is 0 Å². The van der Waals surface area contributed by atoms with E-state index in [1.54, 1.807) is 6.07 Å². The Morgan fingerprint density at radius 3 is 2.67 bits per heavy atom. The van der Waals surface area contributed by atoms with Gasteiger partial charge in [-0.05, 0) is 41.1 Å². The molecule has 0 aliphatic rings. The number of pyridine rings is 1. The Labute approximate surface area is 87.3 Å². The molecular formula is C7H5ClF2IN. The summed E-state index contributed by atoms with van der Waals surface area (Å²) in [7, 11) is 0. The van der Waals surface area contributed by atoms with Crippen LogP contribution in [0.15, 0.2) is 6.07 Å². The fourth-order valence-corrected chi connectivity index (χ4v) is 1.73. The molecular weight excluding hydrogens is 298 g/mol. The summed E-state index contributed by atoms with van der Waals surface area (Å²) in [4.78, 5) is 3.69. The zero-order chi connectivity index (χ0) is 9.30. The van der Waals surface area contributed by atoms with Gasteiger partial charge in [-0.15, -0.1) is 0 Å². The molecule has 0 amide bonds. The van der Waals surface area contributed by atoms with Gasteiger partial charge in [0.1, 0.15) is 9.39 Å². The summed E-state index contributed by atoms with van der Waals surface area (Å²) in [6.45, 7) is 1.53. The van der Waals surface area contributed by atoms with E-state index < -0.39 is 6.43 Å². The number of rotatable bonds is 1. The smallest absolute Gasteiger partial charge is 0.241 e. The lowest BCUT2D eigenvalue weighted by atomic mass is 10.2. The number of alkyl halides is 2. The normalized spacial score (nSPS) is 10.8. The molecule has 0 atom stereocenters. The van der Waals surface area contributed by atoms with E-state index in [-0.39, 0.29) is 5.69 Å². The molecule has 0 unspecified atom stereocenters. The molecule has 0 saturated heterocycles. The van der Waals surface area contributed by atoms with Crippen LogP contribution in [0.2, 0.25) is 5.02 Å². The first-order chi connectivity index (χ1) is 5.52. The highest BCUT2D eigenvalue weighted by molar-refractivity contribution is 14.1. The van der Waals surface area contributed by atoms with Gasteiger partial charge in [0.2, 0.25) is 0 Å². The van der Waals surface area contributed by atoms with Crippen molar-refractivity contribution in [2.45, 2.75) is 13.3 Å². The molecule has 0 fully saturated rings. The van der Waals surface area contributed by atoms with Crippen LogP contribution in [-0.4, -0.2) is 4.98 Å². The average molecular weight is 303 g/mol. The van der Waals surface area contributed by atoms with Gasteiger partial charge < -0.3 is 0 Å². The molecule has 1 heterocycles. The monoisotopic (exact) mass is 303 g/mol. The van der Waals surface area contributed by atoms with Crippen LogP contribution >= 0.6 is 34.2 Å². The van der Waals surface area contributed by atoms with Crippen molar-refractivity contribution in [3.8, 4) is 0 Å². The Hall–Kier alpha value is 0.0300. The molecule has 0 saturated carbocycles. The lowest BCUT2D eigenvalue weighted by Crippen LogP contribution is -1.97. The molecule has 1 aromatic rings. The third-order valence-electron chi connectivity index (χ3n) is 1.42. The predicted octanol–water partition coefficient (Wildman–Crippen LogP) is 3.59. The fraction of sp³-hybridized carbons (Fsp3) is 0.286. The molecule has 0 aliphatic heterocycles. The summed E-state index contributed by atoms with van der Waals surface area (Å²) in [5.74, 6) is 0. The van der Waals surface area contributed by atoms with Gasteiger partial charge in [0.15, 0.2) is 0 Å². The maximum Gasteiger partial charge on any atom is 0.280 e. The summed E-state index contributed by atoms with van der Waals surface area (Å²) in [6, 6.07) is 1.56. The number of nitrogens with zero attached hydrogens (tertiary/aromatic N) is 1. The van der Waals surface area contributed by atoms with Gasteiger partial charge in [0.25, 0.3) is 6.43 Å². The van der Waals surface area contributed by atoms with Crippen molar-refractivity contribution in [3.63, 3.8) is 0 Å². The standard InChI is InChI=1S/C7H5ClF2IN/c1-3-4(8)2-5(11)12-6(3)7(9)10/h2,7H,1H3. The quantitative estimate of drug-likeness (QED) is 0.571. The minimum Gasteiger partial charge on any atom is -0.241 e. The van der Waals surface area contributed by atoms with E-state index in [4.69, 9.17) is 11.6 Å². The lowest BCUT2D eigenvalue weighted by molar-refractivity contribution is 0.145. The summed E-state index contributed by atoms with van der Waals surface area (Å²) in [6.07, 6.45) is -2.56. The highest BCUT2D eigenvalue weighted by Crippen LogP contribution is 2.26. The number of hydrogen-bond donors (Lipinski definition) is 0. The van der Waals surface area contributed by atoms with Gasteiger partial charge in [-0.1, -0.05) is 11.6 Å². The van der Waals surface area contributed by atoms with Gasteiger partial charge in [-0.25, -0.2) is 13.8 Å². The largest absolute Gasteiger partial charge is 0.280 e. The first-order valence-electron chi connectivity index (χ1n) is 3.13. The van der Waals surface area contributed by atoms with Crippen LogP contribution in [0, 0.1) is 10.6 Å². The molecule has 0 aliphatic carbocycles. The molecule has 0 spiro atoms. The third-order valence-corrected chi connectivity index (χ3v) is 2.37. The highest BCUT2D eigenvalue weighted by Gasteiger charge is 2.15. The summed E-state index contributed by atoms with van der Waals surface area (Å²) in [5, 5.41) is 0.338. The first kappa shape index (κ1) is 10.1. The molecule has 1 nitrogen and oxygen atoms in total. The molecule has 0 N–H and O–H groups in total. The second-order valence-corrected chi connectivity index (χ2v) is 3.75. The Kier molecular flexibility index (Phi) is 3.22. The third kappa shape index (κ3) is 2.04. The Bertz CT molecular complexity index is 304. The molecule has 1 rings (SSSR count). The molecule has 0 radical (unpaired) electrons. The molecule has 12 heavy (non-hydrogen) atoms. The van der Waals surface area contributed by atoms with Crippen LogP contribution in [0.4, 0.5) is 8.78 Å². The van der Waals surface area contributed by atoms with Crippen LogP contribution in [0.5, 0.6) is 0 Å². The van der Waals surface area contributed by atoms with E-state index in [0.717, 1.165) is 0 Å². The Morgan fingerprint density at radius 2 is 2.17 bits per heavy atom. The predicted molar refractivity (Wildman–Crippen MR) is 51.7 cm³/mol. The van der Waals surface area contributed by atoms with Crippen molar-refractivity contribution in [2.24, 2.45) is 0 Å². The van der Waals surface area contributed by atoms with Crippen molar-refractivity contribution >= 4 is 34.2 Å². The molecule has 66 valence electrons. The number of hydrogen-bond acceptors (Lipinski definition) is 1. The van der Waals surface area contributed by atoms with Crippen molar-refractivity contribution in [1.82, 2.24) is 4.98 Å². The van der Waals surface area contributed by atoms with E-state index >= 15 is 0 Å². The van der Waals surface area contributed by atoms with Crippen LogP contribution in [-0.2, 0) is 0 Å². The molecule has 0 aromatic carbocycles.